The van der Waals surface area contributed by atoms with Crippen molar-refractivity contribution >= 4 is 5.69 Å². The molecule has 3 heteroatoms. The summed E-state index contributed by atoms with van der Waals surface area (Å²) in [5.74, 6) is 0. The van der Waals surface area contributed by atoms with E-state index in [0.717, 1.165) is 39.0 Å². The van der Waals surface area contributed by atoms with E-state index >= 15 is 0 Å². The van der Waals surface area contributed by atoms with Gasteiger partial charge in [-0.05, 0) is 30.0 Å². The normalized spacial score (nSPS) is 24.6. The highest BCUT2D eigenvalue weighted by atomic mass is 15.2. The maximum Gasteiger partial charge on any atom is 0.0418 e. The molecule has 2 aliphatic rings. The second-order valence-electron chi connectivity index (χ2n) is 4.73. The van der Waals surface area contributed by atoms with E-state index in [1.807, 2.05) is 0 Å². The number of piperazine rings is 1. The molecule has 1 fully saturated rings. The number of aryl methyl sites for hydroxylation is 1. The van der Waals surface area contributed by atoms with Crippen LogP contribution in [0.2, 0.25) is 0 Å². The van der Waals surface area contributed by atoms with Gasteiger partial charge in [-0.25, -0.2) is 0 Å². The Morgan fingerprint density at radius 2 is 2.06 bits per heavy atom. The highest BCUT2D eigenvalue weighted by molar-refractivity contribution is 5.60. The minimum absolute atomic E-state index is 0.251. The van der Waals surface area contributed by atoms with E-state index in [9.17, 15) is 0 Å². The lowest BCUT2D eigenvalue weighted by molar-refractivity contribution is 0.585. The van der Waals surface area contributed by atoms with Gasteiger partial charge in [-0.1, -0.05) is 12.1 Å². The average molecular weight is 217 g/mol. The molecule has 0 amide bonds. The first kappa shape index (κ1) is 10.1. The van der Waals surface area contributed by atoms with Gasteiger partial charge < -0.3 is 16.0 Å². The zero-order valence-corrected chi connectivity index (χ0v) is 9.58. The van der Waals surface area contributed by atoms with Crippen molar-refractivity contribution in [1.29, 1.82) is 0 Å². The summed E-state index contributed by atoms with van der Waals surface area (Å²) in [7, 11) is 0. The molecule has 0 spiro atoms. The van der Waals surface area contributed by atoms with Gasteiger partial charge in [-0.3, -0.25) is 0 Å². The highest BCUT2D eigenvalue weighted by Crippen LogP contribution is 2.36. The molecule has 1 aliphatic heterocycles. The molecule has 16 heavy (non-hydrogen) atoms. The number of nitrogens with zero attached hydrogens (tertiary/aromatic N) is 1. The van der Waals surface area contributed by atoms with E-state index in [4.69, 9.17) is 5.73 Å². The van der Waals surface area contributed by atoms with Crippen LogP contribution >= 0.6 is 0 Å². The first-order chi connectivity index (χ1) is 7.86. The third kappa shape index (κ3) is 1.60. The minimum Gasteiger partial charge on any atom is -0.369 e. The van der Waals surface area contributed by atoms with E-state index in [1.165, 1.54) is 16.8 Å². The van der Waals surface area contributed by atoms with Gasteiger partial charge in [-0.2, -0.15) is 0 Å². The Bertz CT molecular complexity index is 383. The molecule has 0 radical (unpaired) electrons. The van der Waals surface area contributed by atoms with Gasteiger partial charge in [0.25, 0.3) is 0 Å². The Balaban J connectivity index is 1.97. The Morgan fingerprint density at radius 1 is 1.25 bits per heavy atom. The van der Waals surface area contributed by atoms with Crippen LogP contribution in [0.3, 0.4) is 0 Å². The van der Waals surface area contributed by atoms with Crippen molar-refractivity contribution in [3.05, 3.63) is 29.3 Å². The fourth-order valence-corrected chi connectivity index (χ4v) is 2.88. The predicted octanol–water partition coefficient (Wildman–Crippen LogP) is 1.04. The zero-order valence-electron chi connectivity index (χ0n) is 9.58. The van der Waals surface area contributed by atoms with Crippen molar-refractivity contribution in [3.8, 4) is 0 Å². The second kappa shape index (κ2) is 4.07. The zero-order chi connectivity index (χ0) is 11.0. The van der Waals surface area contributed by atoms with Crippen molar-refractivity contribution in [2.45, 2.75) is 18.9 Å². The van der Waals surface area contributed by atoms with Crippen molar-refractivity contribution in [2.75, 3.05) is 31.1 Å². The number of nitrogens with one attached hydrogen (secondary N) is 1. The number of hydrogen-bond donors (Lipinski definition) is 2. The summed E-state index contributed by atoms with van der Waals surface area (Å²) in [5.41, 5.74) is 10.5. The van der Waals surface area contributed by atoms with Crippen LogP contribution in [0, 0.1) is 0 Å². The summed E-state index contributed by atoms with van der Waals surface area (Å²) >= 11 is 0. The second-order valence-corrected chi connectivity index (χ2v) is 4.73. The molecule has 86 valence electrons. The van der Waals surface area contributed by atoms with Crippen LogP contribution in [-0.2, 0) is 6.42 Å². The third-order valence-electron chi connectivity index (χ3n) is 3.73. The smallest absolute Gasteiger partial charge is 0.0418 e. The van der Waals surface area contributed by atoms with Crippen molar-refractivity contribution < 1.29 is 0 Å². The lowest BCUT2D eigenvalue weighted by atomic mass is 10.0. The average Bonchev–Trinajstić information content (AvgIpc) is 2.73. The van der Waals surface area contributed by atoms with E-state index in [0.29, 0.717) is 0 Å². The molecule has 3 rings (SSSR count). The fourth-order valence-electron chi connectivity index (χ4n) is 2.88. The Morgan fingerprint density at radius 3 is 2.88 bits per heavy atom. The Hall–Kier alpha value is -1.06. The number of anilines is 1. The number of hydrogen-bond acceptors (Lipinski definition) is 3. The van der Waals surface area contributed by atoms with E-state index in [1.54, 1.807) is 0 Å². The molecule has 1 unspecified atom stereocenters. The monoisotopic (exact) mass is 217 g/mol. The largest absolute Gasteiger partial charge is 0.369 e. The molecule has 1 atom stereocenters. The molecule has 3 N–H and O–H groups in total. The van der Waals surface area contributed by atoms with Gasteiger partial charge in [0.05, 0.1) is 0 Å². The molecule has 3 nitrogen and oxygen atoms in total. The molecular formula is C13H19N3. The summed E-state index contributed by atoms with van der Waals surface area (Å²) in [6.45, 7) is 4.37. The first-order valence-corrected chi connectivity index (χ1v) is 6.19. The number of benzene rings is 1. The Kier molecular flexibility index (Phi) is 2.58. The summed E-state index contributed by atoms with van der Waals surface area (Å²) in [6, 6.07) is 6.89. The van der Waals surface area contributed by atoms with E-state index in [2.05, 4.69) is 28.4 Å². The topological polar surface area (TPSA) is 41.3 Å². The molecule has 1 saturated heterocycles. The lowest BCUT2D eigenvalue weighted by Gasteiger charge is -2.31. The van der Waals surface area contributed by atoms with Crippen molar-refractivity contribution in [2.24, 2.45) is 5.73 Å². The van der Waals surface area contributed by atoms with E-state index in [-0.39, 0.29) is 6.04 Å². The number of rotatable bonds is 1. The molecule has 0 saturated carbocycles. The maximum absolute atomic E-state index is 6.21. The van der Waals surface area contributed by atoms with Crippen LogP contribution in [0.25, 0.3) is 0 Å². The van der Waals surface area contributed by atoms with Gasteiger partial charge in [-0.15, -0.1) is 0 Å². The quantitative estimate of drug-likeness (QED) is 0.738. The molecular weight excluding hydrogens is 198 g/mol. The summed E-state index contributed by atoms with van der Waals surface area (Å²) in [5, 5.41) is 3.39. The fraction of sp³-hybridized carbons (Fsp3) is 0.538. The van der Waals surface area contributed by atoms with Gasteiger partial charge in [0.15, 0.2) is 0 Å². The predicted molar refractivity (Wildman–Crippen MR) is 66.8 cm³/mol. The lowest BCUT2D eigenvalue weighted by Crippen LogP contribution is -2.44. The van der Waals surface area contributed by atoms with Crippen LogP contribution in [0.4, 0.5) is 5.69 Å². The van der Waals surface area contributed by atoms with Crippen LogP contribution in [0.1, 0.15) is 23.6 Å². The minimum atomic E-state index is 0.251. The van der Waals surface area contributed by atoms with Gasteiger partial charge in [0.2, 0.25) is 0 Å². The molecule has 1 heterocycles. The molecule has 1 aromatic carbocycles. The summed E-state index contributed by atoms with van der Waals surface area (Å²) in [4.78, 5) is 2.47. The first-order valence-electron chi connectivity index (χ1n) is 6.19. The SMILES string of the molecule is NC1CCc2cccc(N3CCNCC3)c21. The van der Waals surface area contributed by atoms with Gasteiger partial charge in [0.1, 0.15) is 0 Å². The number of nitrogens with two attached hydrogens (primary N) is 1. The summed E-state index contributed by atoms with van der Waals surface area (Å²) in [6.07, 6.45) is 2.26. The van der Waals surface area contributed by atoms with Crippen LogP contribution < -0.4 is 16.0 Å². The molecule has 0 aromatic heterocycles. The van der Waals surface area contributed by atoms with Crippen molar-refractivity contribution in [3.63, 3.8) is 0 Å². The Labute approximate surface area is 96.6 Å². The number of fused-ring (bicyclic) bond motifs is 1. The molecule has 1 aliphatic carbocycles. The highest BCUT2D eigenvalue weighted by Gasteiger charge is 2.24. The molecule has 0 bridgehead atoms. The molecule has 1 aromatic rings. The van der Waals surface area contributed by atoms with Crippen LogP contribution in [-0.4, -0.2) is 26.2 Å². The third-order valence-corrected chi connectivity index (χ3v) is 3.73. The van der Waals surface area contributed by atoms with Gasteiger partial charge in [0, 0.05) is 37.9 Å². The van der Waals surface area contributed by atoms with Gasteiger partial charge >= 0.3 is 0 Å². The van der Waals surface area contributed by atoms with Crippen LogP contribution in [0.15, 0.2) is 18.2 Å². The van der Waals surface area contributed by atoms with Crippen LogP contribution in [0.5, 0.6) is 0 Å². The van der Waals surface area contributed by atoms with E-state index < -0.39 is 0 Å². The van der Waals surface area contributed by atoms with Crippen molar-refractivity contribution in [1.82, 2.24) is 5.32 Å². The maximum atomic E-state index is 6.21. The summed E-state index contributed by atoms with van der Waals surface area (Å²) < 4.78 is 0. The standard InChI is InChI=1S/C13H19N3/c14-11-5-4-10-2-1-3-12(13(10)11)16-8-6-15-7-9-16/h1-3,11,15H,4-9,14H2.